The van der Waals surface area contributed by atoms with E-state index in [1.165, 1.54) is 0 Å². The lowest BCUT2D eigenvalue weighted by Crippen LogP contribution is -1.87. The van der Waals surface area contributed by atoms with Crippen molar-refractivity contribution in [2.24, 2.45) is 7.05 Å². The first-order chi connectivity index (χ1) is 5.27. The van der Waals surface area contributed by atoms with Crippen molar-refractivity contribution in [2.75, 3.05) is 0 Å². The Balaban J connectivity index is 2.86. The smallest absolute Gasteiger partial charge is 0.198 e. The Morgan fingerprint density at radius 1 is 1.45 bits per heavy atom. The molecule has 56 valence electrons. The number of hydrogen-bond donors (Lipinski definition) is 0. The van der Waals surface area contributed by atoms with Gasteiger partial charge in [-0.1, -0.05) is 0 Å². The molecule has 0 aromatic carbocycles. The summed E-state index contributed by atoms with van der Waals surface area (Å²) in [6.45, 7) is 0. The van der Waals surface area contributed by atoms with Gasteiger partial charge in [0.25, 0.3) is 0 Å². The zero-order chi connectivity index (χ0) is 7.84. The molecule has 0 saturated carbocycles. The first-order valence-electron chi connectivity index (χ1n) is 3.07. The van der Waals surface area contributed by atoms with E-state index in [-0.39, 0.29) is 0 Å². The summed E-state index contributed by atoms with van der Waals surface area (Å²) >= 11 is 3.17. The van der Waals surface area contributed by atoms with Gasteiger partial charge in [-0.05, 0) is 15.9 Å². The number of imidazole rings is 1. The predicted octanol–water partition coefficient (Wildman–Crippen LogP) is 1.13. The summed E-state index contributed by atoms with van der Waals surface area (Å²) in [5.74, 6) is 0. The van der Waals surface area contributed by atoms with Gasteiger partial charge in [-0.2, -0.15) is 0 Å². The van der Waals surface area contributed by atoms with E-state index in [0.29, 0.717) is 4.73 Å². The summed E-state index contributed by atoms with van der Waals surface area (Å²) < 4.78 is 2.45. The Morgan fingerprint density at radius 3 is 3.09 bits per heavy atom. The van der Waals surface area contributed by atoms with Gasteiger partial charge < -0.3 is 4.57 Å². The third-order valence-corrected chi connectivity index (χ3v) is 1.84. The average Bonchev–Trinajstić information content (AvgIpc) is 2.32. The Bertz CT molecular complexity index is 394. The van der Waals surface area contributed by atoms with Gasteiger partial charge >= 0.3 is 0 Å². The van der Waals surface area contributed by atoms with E-state index in [2.05, 4.69) is 30.9 Å². The molecule has 0 saturated heterocycles. The van der Waals surface area contributed by atoms with E-state index < -0.39 is 0 Å². The summed E-state index contributed by atoms with van der Waals surface area (Å²) in [5.41, 5.74) is 1.66. The molecule has 11 heavy (non-hydrogen) atoms. The van der Waals surface area contributed by atoms with Gasteiger partial charge in [0.15, 0.2) is 10.4 Å². The second-order valence-corrected chi connectivity index (χ2v) is 2.91. The minimum Gasteiger partial charge on any atom is -0.331 e. The monoisotopic (exact) mass is 212 g/mol. The first kappa shape index (κ1) is 6.72. The Labute approximate surface area is 71.4 Å². The molecule has 5 heteroatoms. The van der Waals surface area contributed by atoms with Crippen molar-refractivity contribution >= 4 is 27.1 Å². The second-order valence-electron chi connectivity index (χ2n) is 2.20. The molecule has 0 amide bonds. The number of rotatable bonds is 0. The average molecular weight is 213 g/mol. The molecule has 0 spiro atoms. The molecule has 0 aliphatic heterocycles. The standard InChI is InChI=1S/C6H5BrN4/c1-11-3-9-5-4(11)2-8-6(7)10-5/h2-3H,1H3. The number of fused-ring (bicyclic) bond motifs is 1. The quantitative estimate of drug-likeness (QED) is 0.616. The van der Waals surface area contributed by atoms with Crippen LogP contribution in [-0.4, -0.2) is 19.5 Å². The highest BCUT2D eigenvalue weighted by Gasteiger charge is 2.00. The summed E-state index contributed by atoms with van der Waals surface area (Å²) in [7, 11) is 1.91. The number of nitrogens with zero attached hydrogens (tertiary/aromatic N) is 4. The Kier molecular flexibility index (Phi) is 1.38. The number of halogens is 1. The molecule has 2 aromatic rings. The summed E-state index contributed by atoms with van der Waals surface area (Å²) in [6.07, 6.45) is 3.45. The van der Waals surface area contributed by atoms with Gasteiger partial charge in [0.05, 0.1) is 12.5 Å². The molecule has 0 N–H and O–H groups in total. The second kappa shape index (κ2) is 2.27. The van der Waals surface area contributed by atoms with Crippen LogP contribution in [0.3, 0.4) is 0 Å². The molecular formula is C6H5BrN4. The largest absolute Gasteiger partial charge is 0.331 e. The fourth-order valence-electron chi connectivity index (χ4n) is 0.893. The lowest BCUT2D eigenvalue weighted by atomic mass is 10.5. The van der Waals surface area contributed by atoms with Crippen LogP contribution in [0.2, 0.25) is 0 Å². The molecule has 4 nitrogen and oxygen atoms in total. The zero-order valence-electron chi connectivity index (χ0n) is 5.82. The van der Waals surface area contributed by atoms with E-state index in [9.17, 15) is 0 Å². The van der Waals surface area contributed by atoms with Crippen molar-refractivity contribution in [3.8, 4) is 0 Å². The van der Waals surface area contributed by atoms with E-state index in [1.54, 1.807) is 12.5 Å². The van der Waals surface area contributed by atoms with Crippen LogP contribution in [0.4, 0.5) is 0 Å². The highest BCUT2D eigenvalue weighted by atomic mass is 79.9. The highest BCUT2D eigenvalue weighted by molar-refractivity contribution is 9.10. The van der Waals surface area contributed by atoms with Crippen molar-refractivity contribution in [3.05, 3.63) is 17.3 Å². The molecule has 0 bridgehead atoms. The molecule has 0 radical (unpaired) electrons. The van der Waals surface area contributed by atoms with Crippen molar-refractivity contribution in [2.45, 2.75) is 0 Å². The molecule has 2 aromatic heterocycles. The summed E-state index contributed by atoms with van der Waals surface area (Å²) in [4.78, 5) is 12.1. The molecule has 0 unspecified atom stereocenters. The molecule has 0 fully saturated rings. The summed E-state index contributed by atoms with van der Waals surface area (Å²) in [6, 6.07) is 0. The molecule has 2 rings (SSSR count). The topological polar surface area (TPSA) is 43.6 Å². The molecule has 0 aliphatic carbocycles. The van der Waals surface area contributed by atoms with Gasteiger partial charge in [0.2, 0.25) is 0 Å². The van der Waals surface area contributed by atoms with Crippen molar-refractivity contribution in [1.29, 1.82) is 0 Å². The van der Waals surface area contributed by atoms with Gasteiger partial charge in [-0.3, -0.25) is 0 Å². The van der Waals surface area contributed by atoms with E-state index >= 15 is 0 Å². The normalized spacial score (nSPS) is 10.7. The van der Waals surface area contributed by atoms with Crippen molar-refractivity contribution in [1.82, 2.24) is 19.5 Å². The van der Waals surface area contributed by atoms with Crippen molar-refractivity contribution < 1.29 is 0 Å². The van der Waals surface area contributed by atoms with Crippen LogP contribution in [0.5, 0.6) is 0 Å². The molecular weight excluding hydrogens is 208 g/mol. The minimum atomic E-state index is 0.573. The summed E-state index contributed by atoms with van der Waals surface area (Å²) in [5, 5.41) is 0. The maximum atomic E-state index is 4.07. The molecule has 0 atom stereocenters. The zero-order valence-corrected chi connectivity index (χ0v) is 7.41. The van der Waals surface area contributed by atoms with E-state index in [4.69, 9.17) is 0 Å². The SMILES string of the molecule is Cn1cnc2nc(Br)ncc21. The van der Waals surface area contributed by atoms with Crippen LogP contribution in [0.25, 0.3) is 11.2 Å². The van der Waals surface area contributed by atoms with Gasteiger partial charge in [0.1, 0.15) is 5.52 Å². The van der Waals surface area contributed by atoms with Crippen LogP contribution in [0, 0.1) is 0 Å². The van der Waals surface area contributed by atoms with Crippen LogP contribution in [-0.2, 0) is 7.05 Å². The van der Waals surface area contributed by atoms with Crippen LogP contribution in [0.1, 0.15) is 0 Å². The molecule has 2 heterocycles. The third kappa shape index (κ3) is 1.01. The minimum absolute atomic E-state index is 0.573. The lowest BCUT2D eigenvalue weighted by molar-refractivity contribution is 0.944. The van der Waals surface area contributed by atoms with E-state index in [0.717, 1.165) is 11.2 Å². The lowest BCUT2D eigenvalue weighted by Gasteiger charge is -1.91. The fourth-order valence-corrected chi connectivity index (χ4v) is 1.16. The number of aryl methyl sites for hydroxylation is 1. The fraction of sp³-hybridized carbons (Fsp3) is 0.167. The number of aromatic nitrogens is 4. The van der Waals surface area contributed by atoms with E-state index in [1.807, 2.05) is 11.6 Å². The maximum absolute atomic E-state index is 4.07. The van der Waals surface area contributed by atoms with Crippen LogP contribution in [0.15, 0.2) is 17.3 Å². The van der Waals surface area contributed by atoms with Crippen LogP contribution >= 0.6 is 15.9 Å². The molecule has 0 aliphatic rings. The Morgan fingerprint density at radius 2 is 2.27 bits per heavy atom. The van der Waals surface area contributed by atoms with Gasteiger partial charge in [-0.25, -0.2) is 15.0 Å². The first-order valence-corrected chi connectivity index (χ1v) is 3.86. The van der Waals surface area contributed by atoms with Gasteiger partial charge in [-0.15, -0.1) is 0 Å². The Hall–Kier alpha value is -0.970. The highest BCUT2D eigenvalue weighted by Crippen LogP contribution is 2.09. The maximum Gasteiger partial charge on any atom is 0.198 e. The number of hydrogen-bond acceptors (Lipinski definition) is 3. The third-order valence-electron chi connectivity index (χ3n) is 1.45. The van der Waals surface area contributed by atoms with Crippen LogP contribution < -0.4 is 0 Å². The van der Waals surface area contributed by atoms with Gasteiger partial charge in [0, 0.05) is 7.05 Å². The van der Waals surface area contributed by atoms with Crippen molar-refractivity contribution in [3.63, 3.8) is 0 Å². The predicted molar refractivity (Wildman–Crippen MR) is 44.0 cm³/mol.